The van der Waals surface area contributed by atoms with Gasteiger partial charge in [0.25, 0.3) is 0 Å². The molecule has 2 saturated heterocycles. The zero-order valence-electron chi connectivity index (χ0n) is 23.5. The monoisotopic (exact) mass is 561 g/mol. The van der Waals surface area contributed by atoms with Gasteiger partial charge in [-0.05, 0) is 90.3 Å². The van der Waals surface area contributed by atoms with Crippen LogP contribution in [0.4, 0.5) is 10.8 Å². The first-order chi connectivity index (χ1) is 19.3. The van der Waals surface area contributed by atoms with Crippen molar-refractivity contribution in [3.8, 4) is 11.9 Å². The highest BCUT2D eigenvalue weighted by atomic mass is 32.1. The summed E-state index contributed by atoms with van der Waals surface area (Å²) in [5.74, 6) is 1.08. The summed E-state index contributed by atoms with van der Waals surface area (Å²) < 4.78 is 6.40. The number of hydrogen-bond acceptors (Lipinski definition) is 10. The molecular formula is C30H39N7O2S. The number of anilines is 2. The van der Waals surface area contributed by atoms with Crippen LogP contribution in [-0.4, -0.2) is 59.5 Å². The maximum absolute atomic E-state index is 14.2. The van der Waals surface area contributed by atoms with Gasteiger partial charge in [0, 0.05) is 46.8 Å². The Kier molecular flexibility index (Phi) is 7.21. The van der Waals surface area contributed by atoms with Crippen LogP contribution in [0.15, 0.2) is 17.3 Å². The molecule has 0 amide bonds. The number of aryl methyl sites for hydroxylation is 1. The smallest absolute Gasteiger partial charge is 0.228 e. The van der Waals surface area contributed by atoms with Crippen molar-refractivity contribution >= 4 is 27.9 Å². The van der Waals surface area contributed by atoms with Crippen molar-refractivity contribution in [3.05, 3.63) is 39.2 Å². The summed E-state index contributed by atoms with van der Waals surface area (Å²) in [6.07, 6.45) is 9.20. The van der Waals surface area contributed by atoms with E-state index in [0.717, 1.165) is 93.7 Å². The first-order valence-corrected chi connectivity index (χ1v) is 15.5. The minimum absolute atomic E-state index is 0.0619. The molecule has 0 bridgehead atoms. The quantitative estimate of drug-likeness (QED) is 0.495. The minimum Gasteiger partial charge on any atom is -0.473 e. The van der Waals surface area contributed by atoms with Crippen molar-refractivity contribution < 1.29 is 9.53 Å². The number of carbonyl (C=O) groups is 1. The minimum atomic E-state index is -0.538. The summed E-state index contributed by atoms with van der Waals surface area (Å²) >= 11 is 1.49. The molecule has 0 saturated carbocycles. The fraction of sp³-hybridized carbons (Fsp3) is 0.600. The average Bonchev–Trinajstić information content (AvgIpc) is 3.70. The number of rotatable bonds is 6. The number of nitrogens with two attached hydrogens (primary N) is 2. The van der Waals surface area contributed by atoms with Crippen molar-refractivity contribution in [2.45, 2.75) is 88.7 Å². The van der Waals surface area contributed by atoms with E-state index in [0.29, 0.717) is 40.2 Å². The van der Waals surface area contributed by atoms with E-state index in [9.17, 15) is 10.1 Å². The van der Waals surface area contributed by atoms with Gasteiger partial charge in [-0.3, -0.25) is 9.69 Å². The standard InChI is InChI=1S/C30H39N7O2S/c1-18(21-9-7-13-36(21)2)39-24-16-23(37-14-3-4-15-37)34-29(35-24)26(38)19-8-5-11-30(27(19)32)12-6-10-22-25(30)20(17-31)28(33)40-22/h16,18,21H,3-15,32-33H2,1-2H3/t18-,21-,30-/m0/s1. The van der Waals surface area contributed by atoms with Gasteiger partial charge in [-0.1, -0.05) is 0 Å². The molecule has 212 valence electrons. The number of hydrogen-bond donors (Lipinski definition) is 2. The van der Waals surface area contributed by atoms with Gasteiger partial charge in [0.05, 0.1) is 5.56 Å². The topological polar surface area (TPSA) is 134 Å². The van der Waals surface area contributed by atoms with Crippen LogP contribution in [0.3, 0.4) is 0 Å². The van der Waals surface area contributed by atoms with Crippen molar-refractivity contribution in [3.63, 3.8) is 0 Å². The van der Waals surface area contributed by atoms with E-state index in [1.807, 2.05) is 6.07 Å². The highest BCUT2D eigenvalue weighted by Crippen LogP contribution is 2.53. The Hall–Kier alpha value is -3.16. The lowest BCUT2D eigenvalue weighted by molar-refractivity contribution is 0.0999. The number of nitrogens with zero attached hydrogens (tertiary/aromatic N) is 5. The SMILES string of the molecule is C[C@H](Oc1cc(N2CCCC2)nc(C(=O)C2=C(N)[C@@]3(CCC2)CCCc2sc(N)c(C#N)c23)n1)[C@@H]1CCCN1C. The van der Waals surface area contributed by atoms with Crippen molar-refractivity contribution in [2.24, 2.45) is 5.73 Å². The molecule has 6 rings (SSSR count). The van der Waals surface area contributed by atoms with Gasteiger partial charge in [-0.2, -0.15) is 10.2 Å². The molecule has 10 heteroatoms. The van der Waals surface area contributed by atoms with E-state index in [1.54, 1.807) is 0 Å². The lowest BCUT2D eigenvalue weighted by atomic mass is 9.62. The van der Waals surface area contributed by atoms with Crippen molar-refractivity contribution in [2.75, 3.05) is 37.3 Å². The van der Waals surface area contributed by atoms with Crippen LogP contribution >= 0.6 is 11.3 Å². The molecule has 0 unspecified atom stereocenters. The Morgan fingerprint density at radius 1 is 1.15 bits per heavy atom. The predicted octanol–water partition coefficient (Wildman–Crippen LogP) is 4.31. The second-order valence-corrected chi connectivity index (χ2v) is 13.0. The van der Waals surface area contributed by atoms with Gasteiger partial charge in [-0.15, -0.1) is 11.3 Å². The van der Waals surface area contributed by atoms with E-state index in [4.69, 9.17) is 21.2 Å². The molecule has 2 fully saturated rings. The molecule has 0 aromatic carbocycles. The second-order valence-electron chi connectivity index (χ2n) is 11.9. The Bertz CT molecular complexity index is 1390. The summed E-state index contributed by atoms with van der Waals surface area (Å²) in [7, 11) is 2.13. The molecule has 3 atom stereocenters. The third-order valence-electron chi connectivity index (χ3n) is 9.50. The lowest BCUT2D eigenvalue weighted by Crippen LogP contribution is -2.41. The number of Topliss-reactive ketones (excluding diaryl/α,β-unsaturated/α-hetero) is 1. The molecular weight excluding hydrogens is 522 g/mol. The molecule has 0 radical (unpaired) electrons. The molecule has 40 heavy (non-hydrogen) atoms. The van der Waals surface area contributed by atoms with Gasteiger partial charge in [0.2, 0.25) is 17.5 Å². The second kappa shape index (κ2) is 10.7. The number of allylic oxidation sites excluding steroid dienone is 2. The zero-order chi connectivity index (χ0) is 28.0. The Morgan fingerprint density at radius 2 is 1.90 bits per heavy atom. The summed E-state index contributed by atoms with van der Waals surface area (Å²) in [5, 5.41) is 10.5. The molecule has 9 nitrogen and oxygen atoms in total. The van der Waals surface area contributed by atoms with E-state index >= 15 is 0 Å². The van der Waals surface area contributed by atoms with Crippen LogP contribution in [0.1, 0.15) is 91.3 Å². The molecule has 2 aromatic rings. The van der Waals surface area contributed by atoms with E-state index in [1.165, 1.54) is 11.3 Å². The largest absolute Gasteiger partial charge is 0.473 e. The first-order valence-electron chi connectivity index (χ1n) is 14.7. The highest BCUT2D eigenvalue weighted by Gasteiger charge is 2.46. The number of likely N-dealkylation sites (tertiary alicyclic amines) is 1. The van der Waals surface area contributed by atoms with E-state index in [-0.39, 0.29) is 17.7 Å². The molecule has 2 aromatic heterocycles. The van der Waals surface area contributed by atoms with Crippen LogP contribution in [0, 0.1) is 11.3 Å². The number of ether oxygens (including phenoxy) is 1. The maximum Gasteiger partial charge on any atom is 0.228 e. The van der Waals surface area contributed by atoms with Gasteiger partial charge in [0.1, 0.15) is 23.0 Å². The Labute approximate surface area is 240 Å². The van der Waals surface area contributed by atoms with Crippen LogP contribution in [0.5, 0.6) is 5.88 Å². The number of nitrogen functional groups attached to an aromatic ring is 1. The van der Waals surface area contributed by atoms with Gasteiger partial charge in [0.15, 0.2) is 0 Å². The zero-order valence-corrected chi connectivity index (χ0v) is 24.4. The predicted molar refractivity (Wildman–Crippen MR) is 157 cm³/mol. The number of ketones is 1. The molecule has 2 aliphatic carbocycles. The van der Waals surface area contributed by atoms with Gasteiger partial charge < -0.3 is 21.1 Å². The van der Waals surface area contributed by atoms with Crippen LogP contribution in [0.2, 0.25) is 0 Å². The molecule has 1 spiro atoms. The number of carbonyl (C=O) groups excluding carboxylic acids is 1. The number of fused-ring (bicyclic) bond motifs is 2. The summed E-state index contributed by atoms with van der Waals surface area (Å²) in [5.41, 5.74) is 15.3. The van der Waals surface area contributed by atoms with Crippen LogP contribution in [-0.2, 0) is 11.8 Å². The number of nitriles is 1. The van der Waals surface area contributed by atoms with Crippen molar-refractivity contribution in [1.29, 1.82) is 5.26 Å². The normalized spacial score (nSPS) is 25.7. The lowest BCUT2D eigenvalue weighted by Gasteiger charge is -2.42. The number of thiophene rings is 1. The van der Waals surface area contributed by atoms with Crippen LogP contribution in [0.25, 0.3) is 0 Å². The Morgan fingerprint density at radius 3 is 2.60 bits per heavy atom. The summed E-state index contributed by atoms with van der Waals surface area (Å²) in [6.45, 7) is 4.94. The molecule has 4 aliphatic rings. The van der Waals surface area contributed by atoms with Crippen molar-refractivity contribution in [1.82, 2.24) is 14.9 Å². The summed E-state index contributed by atoms with van der Waals surface area (Å²) in [4.78, 5) is 29.3. The van der Waals surface area contributed by atoms with E-state index < -0.39 is 5.41 Å². The number of likely N-dealkylation sites (N-methyl/N-ethyl adjacent to an activating group) is 1. The average molecular weight is 562 g/mol. The summed E-state index contributed by atoms with van der Waals surface area (Å²) in [6, 6.07) is 4.53. The van der Waals surface area contributed by atoms with Crippen LogP contribution < -0.4 is 21.1 Å². The molecule has 4 N–H and O–H groups in total. The maximum atomic E-state index is 14.2. The van der Waals surface area contributed by atoms with E-state index in [2.05, 4.69) is 34.8 Å². The molecule has 2 aliphatic heterocycles. The third kappa shape index (κ3) is 4.53. The molecule has 4 heterocycles. The highest BCUT2D eigenvalue weighted by molar-refractivity contribution is 7.16. The Balaban J connectivity index is 1.39. The van der Waals surface area contributed by atoms with Gasteiger partial charge >= 0.3 is 0 Å². The number of aromatic nitrogens is 2. The fourth-order valence-corrected chi connectivity index (χ4v) is 8.62. The third-order valence-corrected chi connectivity index (χ3v) is 10.6. The van der Waals surface area contributed by atoms with Gasteiger partial charge in [-0.25, -0.2) is 4.98 Å². The fourth-order valence-electron chi connectivity index (χ4n) is 7.46. The first kappa shape index (κ1) is 27.0.